The Morgan fingerprint density at radius 3 is 2.41 bits per heavy atom. The molecule has 8 heteroatoms. The van der Waals surface area contributed by atoms with E-state index in [1.54, 1.807) is 20.8 Å². The second-order valence-electron chi connectivity index (χ2n) is 5.71. The van der Waals surface area contributed by atoms with Crippen molar-refractivity contribution in [1.29, 1.82) is 0 Å². The van der Waals surface area contributed by atoms with Crippen molar-refractivity contribution in [3.8, 4) is 5.75 Å². The molecule has 0 aliphatic rings. The number of aliphatic carboxylic acids is 1. The van der Waals surface area contributed by atoms with Gasteiger partial charge in [-0.05, 0) is 38.5 Å². The Balaban J connectivity index is 2.95. The molecule has 1 aromatic rings. The third-order valence-electron chi connectivity index (χ3n) is 2.62. The largest absolute Gasteiger partial charge is 0.506 e. The molecule has 0 aliphatic carbocycles. The summed E-state index contributed by atoms with van der Waals surface area (Å²) in [6.45, 7) is 5.04. The number of nitrogens with one attached hydrogen (secondary N) is 1. The van der Waals surface area contributed by atoms with Crippen LogP contribution in [0.15, 0.2) is 18.2 Å². The van der Waals surface area contributed by atoms with Crippen molar-refractivity contribution in [3.05, 3.63) is 23.8 Å². The van der Waals surface area contributed by atoms with E-state index in [4.69, 9.17) is 15.6 Å². The number of phenolic OH excluding ortho intramolecular Hbond substituents is 1. The number of hydrogen-bond donors (Lipinski definition) is 5. The molecule has 0 spiro atoms. The first-order valence-corrected chi connectivity index (χ1v) is 6.50. The second kappa shape index (κ2) is 6.63. The Morgan fingerprint density at radius 2 is 1.91 bits per heavy atom. The third kappa shape index (κ3) is 4.90. The van der Waals surface area contributed by atoms with E-state index in [-0.39, 0.29) is 17.0 Å². The summed E-state index contributed by atoms with van der Waals surface area (Å²) in [6, 6.07) is 2.22. The molecule has 1 aromatic carbocycles. The van der Waals surface area contributed by atoms with Crippen LogP contribution in [0.1, 0.15) is 32.4 Å². The highest BCUT2D eigenvalue weighted by Gasteiger charge is 2.25. The van der Waals surface area contributed by atoms with Gasteiger partial charge in [-0.15, -0.1) is 0 Å². The minimum atomic E-state index is -1.53. The Bertz CT molecular complexity index is 567. The zero-order valence-corrected chi connectivity index (χ0v) is 12.5. The van der Waals surface area contributed by atoms with E-state index in [1.807, 2.05) is 0 Å². The van der Waals surface area contributed by atoms with Crippen LogP contribution >= 0.6 is 0 Å². The highest BCUT2D eigenvalue weighted by molar-refractivity contribution is 5.87. The molecule has 2 atom stereocenters. The molecule has 0 saturated carbocycles. The lowest BCUT2D eigenvalue weighted by Gasteiger charge is -2.21. The van der Waals surface area contributed by atoms with Crippen LogP contribution in [0.3, 0.4) is 0 Å². The predicted molar refractivity (Wildman–Crippen MR) is 78.5 cm³/mol. The lowest BCUT2D eigenvalue weighted by molar-refractivity contribution is -0.141. The summed E-state index contributed by atoms with van der Waals surface area (Å²) >= 11 is 0. The van der Waals surface area contributed by atoms with E-state index in [0.717, 1.165) is 0 Å². The minimum absolute atomic E-state index is 0.0246. The number of carboxylic acid groups (broad SMARTS) is 1. The molecular weight excluding hydrogens is 292 g/mol. The molecule has 22 heavy (non-hydrogen) atoms. The number of nitrogens with two attached hydrogens (primary N) is 1. The van der Waals surface area contributed by atoms with Gasteiger partial charge in [0.05, 0.1) is 5.69 Å². The molecule has 1 rings (SSSR count). The number of phenols is 1. The maximum atomic E-state index is 11.7. The molecular formula is C14H20N2O6. The van der Waals surface area contributed by atoms with Crippen molar-refractivity contribution in [2.75, 3.05) is 5.32 Å². The maximum Gasteiger partial charge on any atom is 0.412 e. The van der Waals surface area contributed by atoms with E-state index >= 15 is 0 Å². The fourth-order valence-electron chi connectivity index (χ4n) is 1.59. The van der Waals surface area contributed by atoms with E-state index in [2.05, 4.69) is 5.32 Å². The summed E-state index contributed by atoms with van der Waals surface area (Å²) in [5.74, 6) is -1.63. The maximum absolute atomic E-state index is 11.7. The predicted octanol–water partition coefficient (Wildman–Crippen LogP) is 1.18. The van der Waals surface area contributed by atoms with Crippen LogP contribution in [0.25, 0.3) is 0 Å². The smallest absolute Gasteiger partial charge is 0.412 e. The highest BCUT2D eigenvalue weighted by Crippen LogP contribution is 2.28. The van der Waals surface area contributed by atoms with Crippen molar-refractivity contribution in [2.24, 2.45) is 5.73 Å². The number of hydrogen-bond acceptors (Lipinski definition) is 6. The van der Waals surface area contributed by atoms with Crippen molar-refractivity contribution < 1.29 is 29.6 Å². The summed E-state index contributed by atoms with van der Waals surface area (Å²) in [6.07, 6.45) is -2.28. The van der Waals surface area contributed by atoms with Gasteiger partial charge in [-0.2, -0.15) is 0 Å². The van der Waals surface area contributed by atoms with Gasteiger partial charge in [0, 0.05) is 0 Å². The minimum Gasteiger partial charge on any atom is -0.506 e. The molecule has 0 aliphatic heterocycles. The van der Waals surface area contributed by atoms with E-state index in [9.17, 15) is 19.8 Å². The van der Waals surface area contributed by atoms with Crippen LogP contribution in [-0.2, 0) is 9.53 Å². The quantitative estimate of drug-likeness (QED) is 0.525. The van der Waals surface area contributed by atoms with Gasteiger partial charge in [0.1, 0.15) is 23.5 Å². The van der Waals surface area contributed by atoms with Gasteiger partial charge in [-0.25, -0.2) is 4.79 Å². The van der Waals surface area contributed by atoms with Crippen molar-refractivity contribution in [1.82, 2.24) is 0 Å². The zero-order chi connectivity index (χ0) is 17.1. The lowest BCUT2D eigenvalue weighted by Crippen LogP contribution is -2.36. The molecule has 0 radical (unpaired) electrons. The van der Waals surface area contributed by atoms with Crippen molar-refractivity contribution in [2.45, 2.75) is 38.5 Å². The fourth-order valence-corrected chi connectivity index (χ4v) is 1.59. The summed E-state index contributed by atoms with van der Waals surface area (Å²) in [7, 11) is 0. The summed E-state index contributed by atoms with van der Waals surface area (Å²) in [4.78, 5) is 22.5. The summed E-state index contributed by atoms with van der Waals surface area (Å²) in [5.41, 5.74) is 4.73. The van der Waals surface area contributed by atoms with Gasteiger partial charge in [0.25, 0.3) is 0 Å². The Hall–Kier alpha value is -2.32. The zero-order valence-electron chi connectivity index (χ0n) is 12.5. The Labute approximate surface area is 127 Å². The van der Waals surface area contributed by atoms with Crippen LogP contribution in [0.5, 0.6) is 5.75 Å². The van der Waals surface area contributed by atoms with E-state index < -0.39 is 29.8 Å². The van der Waals surface area contributed by atoms with Crippen LogP contribution < -0.4 is 11.1 Å². The Kier molecular flexibility index (Phi) is 5.34. The van der Waals surface area contributed by atoms with Crippen molar-refractivity contribution >= 4 is 17.7 Å². The average Bonchev–Trinajstić information content (AvgIpc) is 2.37. The van der Waals surface area contributed by atoms with Gasteiger partial charge in [0.15, 0.2) is 0 Å². The van der Waals surface area contributed by atoms with Gasteiger partial charge >= 0.3 is 12.1 Å². The third-order valence-corrected chi connectivity index (χ3v) is 2.62. The number of aliphatic hydroxyl groups is 1. The number of benzene rings is 1. The number of aromatic hydroxyl groups is 1. The van der Waals surface area contributed by atoms with Gasteiger partial charge < -0.3 is 25.8 Å². The first-order valence-electron chi connectivity index (χ1n) is 6.50. The van der Waals surface area contributed by atoms with Gasteiger partial charge in [-0.1, -0.05) is 6.07 Å². The molecule has 6 N–H and O–H groups in total. The van der Waals surface area contributed by atoms with Crippen molar-refractivity contribution in [3.63, 3.8) is 0 Å². The molecule has 0 fully saturated rings. The number of ether oxygens (including phenoxy) is 1. The van der Waals surface area contributed by atoms with Crippen LogP contribution in [0.2, 0.25) is 0 Å². The SMILES string of the molecule is CC(C)(C)OC(=O)Nc1cc(C(O)C(N)C(=O)O)ccc1O. The number of amides is 1. The molecule has 0 heterocycles. The van der Waals surface area contributed by atoms with E-state index in [1.165, 1.54) is 18.2 Å². The topological polar surface area (TPSA) is 142 Å². The first kappa shape index (κ1) is 17.7. The molecule has 0 saturated heterocycles. The number of anilines is 1. The summed E-state index contributed by atoms with van der Waals surface area (Å²) in [5, 5.41) is 30.7. The number of rotatable bonds is 4. The van der Waals surface area contributed by atoms with Crippen LogP contribution in [0.4, 0.5) is 10.5 Å². The highest BCUT2D eigenvalue weighted by atomic mass is 16.6. The monoisotopic (exact) mass is 312 g/mol. The number of carboxylic acids is 1. The lowest BCUT2D eigenvalue weighted by atomic mass is 10.0. The van der Waals surface area contributed by atoms with Crippen LogP contribution in [-0.4, -0.2) is 39.0 Å². The first-order chi connectivity index (χ1) is 10.0. The van der Waals surface area contributed by atoms with E-state index in [0.29, 0.717) is 0 Å². The molecule has 0 bridgehead atoms. The standard InChI is InChI=1S/C14H20N2O6/c1-14(2,3)22-13(21)16-8-6-7(4-5-9(8)17)11(18)10(15)12(19)20/h4-6,10-11,17-18H,15H2,1-3H3,(H,16,21)(H,19,20). The molecule has 122 valence electrons. The molecule has 0 aromatic heterocycles. The number of carbonyl (C=O) groups is 2. The van der Waals surface area contributed by atoms with Gasteiger partial charge in [-0.3, -0.25) is 10.1 Å². The normalized spacial score (nSPS) is 14.0. The van der Waals surface area contributed by atoms with Gasteiger partial charge in [0.2, 0.25) is 0 Å². The Morgan fingerprint density at radius 1 is 1.32 bits per heavy atom. The molecule has 1 amide bonds. The number of carbonyl (C=O) groups excluding carboxylic acids is 1. The fraction of sp³-hybridized carbons (Fsp3) is 0.429. The second-order valence-corrected chi connectivity index (χ2v) is 5.71. The summed E-state index contributed by atoms with van der Waals surface area (Å²) < 4.78 is 5.04. The number of aliphatic hydroxyl groups excluding tert-OH is 1. The molecule has 2 unspecified atom stereocenters. The average molecular weight is 312 g/mol. The van der Waals surface area contributed by atoms with Crippen LogP contribution in [0, 0.1) is 0 Å². The molecule has 8 nitrogen and oxygen atoms in total.